The minimum absolute atomic E-state index is 0.161. The Hall–Kier alpha value is -2.38. The zero-order chi connectivity index (χ0) is 15.3. The standard InChI is InChI=1S/C12H17N3O5/c1-4-7-14(8-11(16)20-3)12(17)9-5-6-10(13(9)2)15(18)19/h5-6H,4,7-8H2,1-3H3. The summed E-state index contributed by atoms with van der Waals surface area (Å²) in [4.78, 5) is 35.1. The van der Waals surface area contributed by atoms with Gasteiger partial charge in [-0.2, -0.15) is 0 Å². The van der Waals surface area contributed by atoms with Gasteiger partial charge in [-0.25, -0.2) is 4.57 Å². The maximum Gasteiger partial charge on any atom is 0.325 e. The summed E-state index contributed by atoms with van der Waals surface area (Å²) >= 11 is 0. The Labute approximate surface area is 116 Å². The molecule has 1 aromatic rings. The van der Waals surface area contributed by atoms with Gasteiger partial charge in [0.1, 0.15) is 6.54 Å². The first kappa shape index (κ1) is 15.7. The van der Waals surface area contributed by atoms with Crippen LogP contribution in [-0.4, -0.2) is 46.5 Å². The molecule has 1 aromatic heterocycles. The third kappa shape index (κ3) is 3.34. The Morgan fingerprint density at radius 1 is 1.45 bits per heavy atom. The van der Waals surface area contributed by atoms with Gasteiger partial charge in [-0.1, -0.05) is 6.92 Å². The van der Waals surface area contributed by atoms with Crippen LogP contribution in [0.1, 0.15) is 23.8 Å². The molecule has 0 atom stereocenters. The third-order valence-corrected chi connectivity index (χ3v) is 2.83. The van der Waals surface area contributed by atoms with Crippen LogP contribution >= 0.6 is 0 Å². The Morgan fingerprint density at radius 3 is 2.55 bits per heavy atom. The fourth-order valence-electron chi connectivity index (χ4n) is 1.80. The van der Waals surface area contributed by atoms with Crippen molar-refractivity contribution < 1.29 is 19.2 Å². The maximum absolute atomic E-state index is 12.3. The number of amides is 1. The van der Waals surface area contributed by atoms with E-state index in [4.69, 9.17) is 0 Å². The van der Waals surface area contributed by atoms with E-state index >= 15 is 0 Å². The largest absolute Gasteiger partial charge is 0.468 e. The van der Waals surface area contributed by atoms with Gasteiger partial charge in [0.2, 0.25) is 0 Å². The van der Waals surface area contributed by atoms with Crippen LogP contribution in [0.15, 0.2) is 12.1 Å². The van der Waals surface area contributed by atoms with Crippen molar-refractivity contribution in [3.05, 3.63) is 27.9 Å². The van der Waals surface area contributed by atoms with Gasteiger partial charge in [-0.3, -0.25) is 9.59 Å². The van der Waals surface area contributed by atoms with Gasteiger partial charge in [-0.05, 0) is 17.4 Å². The van der Waals surface area contributed by atoms with Crippen molar-refractivity contribution >= 4 is 17.7 Å². The number of hydrogen-bond acceptors (Lipinski definition) is 5. The minimum Gasteiger partial charge on any atom is -0.468 e. The fourth-order valence-corrected chi connectivity index (χ4v) is 1.80. The topological polar surface area (TPSA) is 94.7 Å². The quantitative estimate of drug-likeness (QED) is 0.440. The molecule has 0 aliphatic carbocycles. The molecule has 20 heavy (non-hydrogen) atoms. The van der Waals surface area contributed by atoms with Crippen LogP contribution in [0.4, 0.5) is 5.82 Å². The van der Waals surface area contributed by atoms with Gasteiger partial charge in [-0.15, -0.1) is 0 Å². The Morgan fingerprint density at radius 2 is 2.10 bits per heavy atom. The van der Waals surface area contributed by atoms with Crippen LogP contribution in [0, 0.1) is 10.1 Å². The molecule has 110 valence electrons. The van der Waals surface area contributed by atoms with E-state index < -0.39 is 16.8 Å². The maximum atomic E-state index is 12.3. The lowest BCUT2D eigenvalue weighted by Gasteiger charge is -2.19. The lowest BCUT2D eigenvalue weighted by molar-refractivity contribution is -0.391. The molecule has 1 heterocycles. The van der Waals surface area contributed by atoms with E-state index in [0.717, 1.165) is 0 Å². The van der Waals surface area contributed by atoms with Crippen LogP contribution < -0.4 is 0 Å². The second-order valence-electron chi connectivity index (χ2n) is 4.20. The smallest absolute Gasteiger partial charge is 0.325 e. The summed E-state index contributed by atoms with van der Waals surface area (Å²) in [6.07, 6.45) is 0.662. The van der Waals surface area contributed by atoms with Crippen molar-refractivity contribution in [1.29, 1.82) is 0 Å². The molecule has 0 aliphatic heterocycles. The number of carbonyl (C=O) groups excluding carboxylic acids is 2. The highest BCUT2D eigenvalue weighted by Crippen LogP contribution is 2.16. The van der Waals surface area contributed by atoms with Crippen molar-refractivity contribution in [3.63, 3.8) is 0 Å². The number of carbonyl (C=O) groups is 2. The molecule has 0 fully saturated rings. The summed E-state index contributed by atoms with van der Waals surface area (Å²) in [5.74, 6) is -1.15. The molecule has 0 aliphatic rings. The molecule has 1 amide bonds. The average molecular weight is 283 g/mol. The zero-order valence-corrected chi connectivity index (χ0v) is 11.7. The number of nitro groups is 1. The van der Waals surface area contributed by atoms with Gasteiger partial charge in [0.25, 0.3) is 5.91 Å². The lowest BCUT2D eigenvalue weighted by Crippen LogP contribution is -2.37. The highest BCUT2D eigenvalue weighted by molar-refractivity contribution is 5.95. The highest BCUT2D eigenvalue weighted by Gasteiger charge is 2.26. The Kier molecular flexibility index (Phi) is 5.24. The fraction of sp³-hybridized carbons (Fsp3) is 0.500. The number of rotatable bonds is 6. The number of methoxy groups -OCH3 is 1. The van der Waals surface area contributed by atoms with E-state index in [1.807, 2.05) is 6.92 Å². The molecule has 0 N–H and O–H groups in total. The summed E-state index contributed by atoms with van der Waals surface area (Å²) in [6.45, 7) is 2.06. The molecule has 1 rings (SSSR count). The zero-order valence-electron chi connectivity index (χ0n) is 11.7. The highest BCUT2D eigenvalue weighted by atomic mass is 16.6. The van der Waals surface area contributed by atoms with E-state index in [1.54, 1.807) is 0 Å². The summed E-state index contributed by atoms with van der Waals surface area (Å²) in [5.41, 5.74) is 0.161. The first-order valence-electron chi connectivity index (χ1n) is 6.08. The molecule has 0 spiro atoms. The molecule has 0 bridgehead atoms. The van der Waals surface area contributed by atoms with Crippen LogP contribution in [0.3, 0.4) is 0 Å². The van der Waals surface area contributed by atoms with Crippen LogP contribution in [0.25, 0.3) is 0 Å². The molecule has 0 aromatic carbocycles. The van der Waals surface area contributed by atoms with Crippen molar-refractivity contribution in [1.82, 2.24) is 9.47 Å². The van der Waals surface area contributed by atoms with E-state index in [9.17, 15) is 19.7 Å². The first-order chi connectivity index (χ1) is 9.42. The predicted molar refractivity (Wildman–Crippen MR) is 70.3 cm³/mol. The molecule has 0 saturated heterocycles. The first-order valence-corrected chi connectivity index (χ1v) is 6.08. The normalized spacial score (nSPS) is 10.2. The number of ether oxygens (including phenoxy) is 1. The van der Waals surface area contributed by atoms with E-state index in [-0.39, 0.29) is 18.1 Å². The number of nitrogens with zero attached hydrogens (tertiary/aromatic N) is 3. The Bertz CT molecular complexity index is 523. The summed E-state index contributed by atoms with van der Waals surface area (Å²) < 4.78 is 5.74. The van der Waals surface area contributed by atoms with Crippen LogP contribution in [0.5, 0.6) is 0 Å². The average Bonchev–Trinajstić information content (AvgIpc) is 2.79. The van der Waals surface area contributed by atoms with E-state index in [2.05, 4.69) is 4.74 Å². The third-order valence-electron chi connectivity index (χ3n) is 2.83. The number of aromatic nitrogens is 1. The van der Waals surface area contributed by atoms with E-state index in [1.165, 1.54) is 35.8 Å². The van der Waals surface area contributed by atoms with Crippen molar-refractivity contribution in [2.24, 2.45) is 7.05 Å². The van der Waals surface area contributed by atoms with E-state index in [0.29, 0.717) is 13.0 Å². The monoisotopic (exact) mass is 283 g/mol. The summed E-state index contributed by atoms with van der Waals surface area (Å²) in [6, 6.07) is 2.63. The lowest BCUT2D eigenvalue weighted by atomic mass is 10.3. The van der Waals surface area contributed by atoms with Crippen LogP contribution in [-0.2, 0) is 16.6 Å². The number of hydrogen-bond donors (Lipinski definition) is 0. The van der Waals surface area contributed by atoms with Gasteiger partial charge in [0, 0.05) is 12.6 Å². The van der Waals surface area contributed by atoms with Gasteiger partial charge in [0.05, 0.1) is 14.2 Å². The second kappa shape index (κ2) is 6.69. The molecular weight excluding hydrogens is 266 g/mol. The van der Waals surface area contributed by atoms with Crippen molar-refractivity contribution in [2.75, 3.05) is 20.2 Å². The van der Waals surface area contributed by atoms with Crippen molar-refractivity contribution in [3.8, 4) is 0 Å². The van der Waals surface area contributed by atoms with Gasteiger partial charge < -0.3 is 19.8 Å². The Balaban J connectivity index is 3.00. The summed E-state index contributed by atoms with van der Waals surface area (Å²) in [5, 5.41) is 10.8. The number of esters is 1. The molecule has 0 radical (unpaired) electrons. The van der Waals surface area contributed by atoms with Crippen LogP contribution in [0.2, 0.25) is 0 Å². The molecule has 8 nitrogen and oxygen atoms in total. The molecule has 0 saturated carbocycles. The van der Waals surface area contributed by atoms with Gasteiger partial charge >= 0.3 is 11.8 Å². The predicted octanol–water partition coefficient (Wildman–Crippen LogP) is 0.958. The minimum atomic E-state index is -0.568. The molecule has 8 heteroatoms. The summed E-state index contributed by atoms with van der Waals surface area (Å²) in [7, 11) is 2.68. The van der Waals surface area contributed by atoms with Crippen molar-refractivity contribution in [2.45, 2.75) is 13.3 Å². The molecule has 0 unspecified atom stereocenters. The van der Waals surface area contributed by atoms with Gasteiger partial charge in [0.15, 0.2) is 5.69 Å². The second-order valence-corrected chi connectivity index (χ2v) is 4.20. The molecular formula is C12H17N3O5. The SMILES string of the molecule is CCCN(CC(=O)OC)C(=O)c1ccc([N+](=O)[O-])n1C.